The number of nitrogens with zero attached hydrogens (tertiary/aromatic N) is 1. The number of aliphatic carboxylic acids is 1. The summed E-state index contributed by atoms with van der Waals surface area (Å²) < 4.78 is 4.61. The Labute approximate surface area is 125 Å². The molecule has 0 atom stereocenters. The van der Waals surface area contributed by atoms with E-state index in [1.807, 2.05) is 6.07 Å². The lowest BCUT2D eigenvalue weighted by atomic mass is 10.1. The van der Waals surface area contributed by atoms with E-state index in [-0.39, 0.29) is 34.7 Å². The number of nitriles is 1. The molecule has 0 saturated heterocycles. The third-order valence-corrected chi connectivity index (χ3v) is 3.86. The van der Waals surface area contributed by atoms with Gasteiger partial charge < -0.3 is 15.2 Å². The third-order valence-electron chi connectivity index (χ3n) is 2.68. The van der Waals surface area contributed by atoms with Crippen LogP contribution >= 0.6 is 11.3 Å². The highest BCUT2D eigenvalue weighted by molar-refractivity contribution is 7.18. The maximum atomic E-state index is 11.7. The molecule has 0 unspecified atom stereocenters. The van der Waals surface area contributed by atoms with Gasteiger partial charge in [-0.1, -0.05) is 0 Å². The molecule has 0 spiro atoms. The summed E-state index contributed by atoms with van der Waals surface area (Å²) in [5.74, 6) is -1.94. The standard InChI is InChI=1S/C13H14N2O5S/c1-7-8(6-14)12(21-11(7)13(19)20-2)15-9(16)4-3-5-10(17)18/h3-5H2,1-2H3,(H,15,16)(H,17,18). The minimum atomic E-state index is -0.972. The number of carbonyl (C=O) groups excluding carboxylic acids is 2. The molecule has 0 aromatic carbocycles. The van der Waals surface area contributed by atoms with Crippen molar-refractivity contribution in [3.05, 3.63) is 16.0 Å². The zero-order valence-electron chi connectivity index (χ0n) is 11.6. The van der Waals surface area contributed by atoms with Crippen molar-refractivity contribution in [2.45, 2.75) is 26.2 Å². The number of hydrogen-bond acceptors (Lipinski definition) is 6. The molecule has 21 heavy (non-hydrogen) atoms. The summed E-state index contributed by atoms with van der Waals surface area (Å²) in [5, 5.41) is 20.4. The second-order valence-electron chi connectivity index (χ2n) is 4.16. The van der Waals surface area contributed by atoms with Crippen molar-refractivity contribution in [2.24, 2.45) is 0 Å². The Bertz CT molecular complexity index is 615. The number of nitrogens with one attached hydrogen (secondary N) is 1. The molecule has 1 aromatic rings. The number of methoxy groups -OCH3 is 1. The van der Waals surface area contributed by atoms with E-state index in [1.54, 1.807) is 6.92 Å². The van der Waals surface area contributed by atoms with Gasteiger partial charge in [0.1, 0.15) is 15.9 Å². The van der Waals surface area contributed by atoms with Crippen LogP contribution in [0.5, 0.6) is 0 Å². The molecule has 1 amide bonds. The van der Waals surface area contributed by atoms with Gasteiger partial charge in [-0.3, -0.25) is 9.59 Å². The van der Waals surface area contributed by atoms with Crippen LogP contribution in [-0.2, 0) is 14.3 Å². The fourth-order valence-corrected chi connectivity index (χ4v) is 2.70. The first kappa shape index (κ1) is 16.7. The maximum Gasteiger partial charge on any atom is 0.348 e. The number of carbonyl (C=O) groups is 3. The van der Waals surface area contributed by atoms with E-state index < -0.39 is 17.8 Å². The van der Waals surface area contributed by atoms with Crippen molar-refractivity contribution < 1.29 is 24.2 Å². The number of amides is 1. The van der Waals surface area contributed by atoms with Gasteiger partial charge in [-0.2, -0.15) is 5.26 Å². The normalized spacial score (nSPS) is 9.76. The third kappa shape index (κ3) is 4.29. The lowest BCUT2D eigenvalue weighted by molar-refractivity contribution is -0.137. The van der Waals surface area contributed by atoms with E-state index in [0.29, 0.717) is 5.56 Å². The van der Waals surface area contributed by atoms with Crippen LogP contribution < -0.4 is 5.32 Å². The molecule has 2 N–H and O–H groups in total. The Kier molecular flexibility index (Phi) is 5.87. The van der Waals surface area contributed by atoms with Crippen LogP contribution in [-0.4, -0.2) is 30.1 Å². The molecule has 0 aliphatic heterocycles. The zero-order chi connectivity index (χ0) is 16.0. The molecule has 1 rings (SSSR count). The predicted molar refractivity (Wildman–Crippen MR) is 75.2 cm³/mol. The number of thiophene rings is 1. The Morgan fingerprint density at radius 3 is 2.57 bits per heavy atom. The quantitative estimate of drug-likeness (QED) is 0.775. The van der Waals surface area contributed by atoms with Gasteiger partial charge in [-0.05, 0) is 18.9 Å². The van der Waals surface area contributed by atoms with Gasteiger partial charge in [0.15, 0.2) is 0 Å². The fourth-order valence-electron chi connectivity index (χ4n) is 1.61. The molecular formula is C13H14N2O5S. The number of anilines is 1. The highest BCUT2D eigenvalue weighted by Crippen LogP contribution is 2.33. The molecule has 1 aromatic heterocycles. The van der Waals surface area contributed by atoms with Crippen molar-refractivity contribution >= 4 is 34.2 Å². The van der Waals surface area contributed by atoms with E-state index >= 15 is 0 Å². The van der Waals surface area contributed by atoms with Crippen LogP contribution in [0.4, 0.5) is 5.00 Å². The Morgan fingerprint density at radius 1 is 1.38 bits per heavy atom. The Balaban J connectivity index is 2.84. The summed E-state index contributed by atoms with van der Waals surface area (Å²) in [6.07, 6.45) is 0.133. The van der Waals surface area contributed by atoms with Gasteiger partial charge in [-0.25, -0.2) is 4.79 Å². The number of ether oxygens (including phenoxy) is 1. The second kappa shape index (κ2) is 7.40. The molecule has 0 aliphatic rings. The summed E-state index contributed by atoms with van der Waals surface area (Å²) in [6.45, 7) is 1.60. The predicted octanol–water partition coefficient (Wildman–Crippen LogP) is 1.91. The van der Waals surface area contributed by atoms with E-state index in [0.717, 1.165) is 11.3 Å². The van der Waals surface area contributed by atoms with Gasteiger partial charge in [0.2, 0.25) is 5.91 Å². The summed E-state index contributed by atoms with van der Waals surface area (Å²) in [5.41, 5.74) is 0.669. The molecule has 0 aliphatic carbocycles. The van der Waals surface area contributed by atoms with Crippen molar-refractivity contribution in [1.29, 1.82) is 5.26 Å². The van der Waals surface area contributed by atoms with Crippen molar-refractivity contribution in [3.8, 4) is 6.07 Å². The lowest BCUT2D eigenvalue weighted by Crippen LogP contribution is -2.11. The molecular weight excluding hydrogens is 296 g/mol. The zero-order valence-corrected chi connectivity index (χ0v) is 12.4. The monoisotopic (exact) mass is 310 g/mol. The average Bonchev–Trinajstić information content (AvgIpc) is 2.73. The van der Waals surface area contributed by atoms with E-state index in [4.69, 9.17) is 10.4 Å². The van der Waals surface area contributed by atoms with E-state index in [2.05, 4.69) is 10.1 Å². The molecule has 1 heterocycles. The second-order valence-corrected chi connectivity index (χ2v) is 5.18. The SMILES string of the molecule is COC(=O)c1sc(NC(=O)CCCC(=O)O)c(C#N)c1C. The minimum absolute atomic E-state index is 0.0294. The Hall–Kier alpha value is -2.40. The van der Waals surface area contributed by atoms with Crippen LogP contribution in [0.1, 0.15) is 40.1 Å². The van der Waals surface area contributed by atoms with Gasteiger partial charge in [0, 0.05) is 12.8 Å². The summed E-state index contributed by atoms with van der Waals surface area (Å²) in [4.78, 5) is 33.9. The number of esters is 1. The maximum absolute atomic E-state index is 11.7. The van der Waals surface area contributed by atoms with Gasteiger partial charge in [-0.15, -0.1) is 11.3 Å². The van der Waals surface area contributed by atoms with Gasteiger partial charge in [0.25, 0.3) is 0 Å². The smallest absolute Gasteiger partial charge is 0.348 e. The van der Waals surface area contributed by atoms with Crippen LogP contribution in [0, 0.1) is 18.3 Å². The van der Waals surface area contributed by atoms with Crippen molar-refractivity contribution in [2.75, 3.05) is 12.4 Å². The number of carboxylic acid groups (broad SMARTS) is 1. The summed E-state index contributed by atoms with van der Waals surface area (Å²) in [6, 6.07) is 1.94. The largest absolute Gasteiger partial charge is 0.481 e. The molecule has 0 saturated carbocycles. The van der Waals surface area contributed by atoms with E-state index in [9.17, 15) is 14.4 Å². The first-order chi connectivity index (χ1) is 9.90. The minimum Gasteiger partial charge on any atom is -0.481 e. The molecule has 0 fully saturated rings. The fraction of sp³-hybridized carbons (Fsp3) is 0.385. The highest BCUT2D eigenvalue weighted by Gasteiger charge is 2.21. The number of rotatable bonds is 6. The molecule has 0 radical (unpaired) electrons. The van der Waals surface area contributed by atoms with Crippen LogP contribution in [0.3, 0.4) is 0 Å². The molecule has 8 heteroatoms. The first-order valence-corrected chi connectivity index (χ1v) is 6.85. The Morgan fingerprint density at radius 2 is 2.05 bits per heavy atom. The first-order valence-electron chi connectivity index (χ1n) is 6.04. The molecule has 7 nitrogen and oxygen atoms in total. The molecule has 0 bridgehead atoms. The average molecular weight is 310 g/mol. The summed E-state index contributed by atoms with van der Waals surface area (Å²) in [7, 11) is 1.23. The van der Waals surface area contributed by atoms with E-state index in [1.165, 1.54) is 7.11 Å². The van der Waals surface area contributed by atoms with Crippen molar-refractivity contribution in [3.63, 3.8) is 0 Å². The lowest BCUT2D eigenvalue weighted by Gasteiger charge is -2.02. The topological polar surface area (TPSA) is 116 Å². The summed E-state index contributed by atoms with van der Waals surface area (Å²) >= 11 is 0.966. The molecule has 112 valence electrons. The highest BCUT2D eigenvalue weighted by atomic mass is 32.1. The van der Waals surface area contributed by atoms with Gasteiger partial charge >= 0.3 is 11.9 Å². The van der Waals surface area contributed by atoms with Crippen LogP contribution in [0.15, 0.2) is 0 Å². The number of hydrogen-bond donors (Lipinski definition) is 2. The van der Waals surface area contributed by atoms with Crippen LogP contribution in [0.2, 0.25) is 0 Å². The van der Waals surface area contributed by atoms with Crippen LogP contribution in [0.25, 0.3) is 0 Å². The van der Waals surface area contributed by atoms with Gasteiger partial charge in [0.05, 0.1) is 12.7 Å². The number of carboxylic acids is 1. The van der Waals surface area contributed by atoms with Crippen molar-refractivity contribution in [1.82, 2.24) is 0 Å².